The molecule has 4 heteroatoms. The van der Waals surface area contributed by atoms with Gasteiger partial charge in [0.05, 0.1) is 5.92 Å². The first-order valence-electron chi connectivity index (χ1n) is 10.7. The van der Waals surface area contributed by atoms with Gasteiger partial charge < -0.3 is 4.74 Å². The number of aryl methyl sites for hydroxylation is 1. The van der Waals surface area contributed by atoms with Gasteiger partial charge >= 0.3 is 5.97 Å². The summed E-state index contributed by atoms with van der Waals surface area (Å²) in [6.07, 6.45) is 12.4. The molecule has 28 heavy (non-hydrogen) atoms. The number of carbonyl (C=O) groups excluding carboxylic acids is 1. The van der Waals surface area contributed by atoms with Crippen molar-refractivity contribution < 1.29 is 13.9 Å². The van der Waals surface area contributed by atoms with Crippen LogP contribution in [0.15, 0.2) is 36.2 Å². The maximum absolute atomic E-state index is 12.8. The fourth-order valence-electron chi connectivity index (χ4n) is 3.86. The first-order chi connectivity index (χ1) is 13.6. The van der Waals surface area contributed by atoms with Crippen LogP contribution in [0.4, 0.5) is 4.39 Å². The third kappa shape index (κ3) is 7.84. The first kappa shape index (κ1) is 22.1. The van der Waals surface area contributed by atoms with Crippen LogP contribution in [-0.4, -0.2) is 5.97 Å². The van der Waals surface area contributed by atoms with Gasteiger partial charge in [-0.15, -0.1) is 0 Å². The monoisotopic (exact) mass is 385 g/mol. The molecule has 0 unspecified atom stereocenters. The number of nitrogens with zero attached hydrogens (tertiary/aromatic N) is 1. The lowest BCUT2D eigenvalue weighted by Gasteiger charge is -2.26. The van der Waals surface area contributed by atoms with E-state index in [0.717, 1.165) is 38.5 Å². The van der Waals surface area contributed by atoms with Gasteiger partial charge in [-0.3, -0.25) is 4.79 Å². The zero-order valence-electron chi connectivity index (χ0n) is 17.0. The topological polar surface area (TPSA) is 50.1 Å². The van der Waals surface area contributed by atoms with E-state index in [0.29, 0.717) is 18.1 Å². The number of hydrogen-bond donors (Lipinski definition) is 0. The van der Waals surface area contributed by atoms with Crippen molar-refractivity contribution in [1.29, 1.82) is 5.26 Å². The quantitative estimate of drug-likeness (QED) is 0.195. The second kappa shape index (κ2) is 12.3. The number of ether oxygens (including phenoxy) is 1. The van der Waals surface area contributed by atoms with Gasteiger partial charge in [0, 0.05) is 0 Å². The van der Waals surface area contributed by atoms with Crippen molar-refractivity contribution in [1.82, 2.24) is 0 Å². The van der Waals surface area contributed by atoms with Crippen molar-refractivity contribution in [3.63, 3.8) is 0 Å². The number of esters is 1. The van der Waals surface area contributed by atoms with E-state index in [1.165, 1.54) is 43.4 Å². The van der Waals surface area contributed by atoms with Gasteiger partial charge in [-0.2, -0.15) is 9.65 Å². The van der Waals surface area contributed by atoms with Gasteiger partial charge in [-0.1, -0.05) is 38.3 Å². The summed E-state index contributed by atoms with van der Waals surface area (Å²) < 4.78 is 18.4. The van der Waals surface area contributed by atoms with E-state index < -0.39 is 5.83 Å². The molecule has 0 amide bonds. The number of unbranched alkanes of at least 4 members (excludes halogenated alkanes) is 3. The summed E-state index contributed by atoms with van der Waals surface area (Å²) in [4.78, 5) is 12.4. The molecule has 2 rings (SSSR count). The van der Waals surface area contributed by atoms with Crippen molar-refractivity contribution in [2.24, 2.45) is 11.8 Å². The molecule has 0 heterocycles. The standard InChI is InChI=1S/C24H32FNO2/c1-2-3-4-5-7-19-12-16-23(17-13-19)28-24(27)21-14-10-20(11-15-21)8-6-9-22(25)18-26/h9,12-13,16-17,20-21H,2-8,10-11,14-15H2,1H3/b22-9+. The molecule has 0 saturated heterocycles. The second-order valence-electron chi connectivity index (χ2n) is 7.83. The van der Waals surface area contributed by atoms with E-state index in [2.05, 4.69) is 19.1 Å². The molecule has 1 aromatic carbocycles. The third-order valence-corrected chi connectivity index (χ3v) is 5.65. The van der Waals surface area contributed by atoms with Crippen LogP contribution in [0.3, 0.4) is 0 Å². The molecule has 0 radical (unpaired) electrons. The lowest BCUT2D eigenvalue weighted by molar-refractivity contribution is -0.140. The molecule has 0 bridgehead atoms. The summed E-state index contributed by atoms with van der Waals surface area (Å²) in [7, 11) is 0. The molecule has 1 aromatic rings. The summed E-state index contributed by atoms with van der Waals surface area (Å²) in [5, 5.41) is 8.42. The molecular formula is C24H32FNO2. The van der Waals surface area contributed by atoms with Crippen molar-refractivity contribution >= 4 is 5.97 Å². The molecule has 152 valence electrons. The van der Waals surface area contributed by atoms with E-state index in [1.807, 2.05) is 12.1 Å². The molecule has 0 spiro atoms. The van der Waals surface area contributed by atoms with Crippen LogP contribution in [0.1, 0.15) is 76.7 Å². The lowest BCUT2D eigenvalue weighted by Crippen LogP contribution is -2.25. The fourth-order valence-corrected chi connectivity index (χ4v) is 3.86. The van der Waals surface area contributed by atoms with Crippen LogP contribution in [0.2, 0.25) is 0 Å². The van der Waals surface area contributed by atoms with Gasteiger partial charge in [0.15, 0.2) is 5.83 Å². The Morgan fingerprint density at radius 2 is 1.89 bits per heavy atom. The molecule has 0 aromatic heterocycles. The van der Waals surface area contributed by atoms with E-state index >= 15 is 0 Å². The number of rotatable bonds is 10. The fraction of sp³-hybridized carbons (Fsp3) is 0.583. The van der Waals surface area contributed by atoms with Crippen LogP contribution >= 0.6 is 0 Å². The highest BCUT2D eigenvalue weighted by atomic mass is 19.1. The highest BCUT2D eigenvalue weighted by molar-refractivity contribution is 5.75. The SMILES string of the molecule is CCCCCCc1ccc(OC(=O)C2CCC(CC/C=C(/F)C#N)CC2)cc1. The normalized spacial score (nSPS) is 19.8. The van der Waals surface area contributed by atoms with Crippen LogP contribution in [-0.2, 0) is 11.2 Å². The second-order valence-corrected chi connectivity index (χ2v) is 7.83. The molecule has 0 aliphatic heterocycles. The van der Waals surface area contributed by atoms with Gasteiger partial charge in [-0.05, 0) is 81.1 Å². The summed E-state index contributed by atoms with van der Waals surface area (Å²) in [5.74, 6) is 0.241. The molecule has 0 N–H and O–H groups in total. The van der Waals surface area contributed by atoms with Gasteiger partial charge in [0.25, 0.3) is 0 Å². The molecule has 0 atom stereocenters. The maximum atomic E-state index is 12.8. The van der Waals surface area contributed by atoms with Gasteiger partial charge in [0.1, 0.15) is 11.8 Å². The molecule has 1 aliphatic carbocycles. The van der Waals surface area contributed by atoms with E-state index in [1.54, 1.807) is 0 Å². The van der Waals surface area contributed by atoms with Crippen molar-refractivity contribution in [3.8, 4) is 11.8 Å². The highest BCUT2D eigenvalue weighted by Crippen LogP contribution is 2.32. The predicted octanol–water partition coefficient (Wildman–Crippen LogP) is 6.68. The van der Waals surface area contributed by atoms with Crippen LogP contribution in [0.5, 0.6) is 5.75 Å². The minimum Gasteiger partial charge on any atom is -0.426 e. The molecule has 3 nitrogen and oxygen atoms in total. The average molecular weight is 386 g/mol. The largest absolute Gasteiger partial charge is 0.426 e. The van der Waals surface area contributed by atoms with E-state index in [9.17, 15) is 9.18 Å². The van der Waals surface area contributed by atoms with Crippen LogP contribution < -0.4 is 4.74 Å². The highest BCUT2D eigenvalue weighted by Gasteiger charge is 2.27. The Balaban J connectivity index is 1.70. The minimum atomic E-state index is -0.704. The number of nitriles is 1. The maximum Gasteiger partial charge on any atom is 0.314 e. The minimum absolute atomic E-state index is 0.0450. The smallest absolute Gasteiger partial charge is 0.314 e. The van der Waals surface area contributed by atoms with E-state index in [-0.39, 0.29) is 11.9 Å². The summed E-state index contributed by atoms with van der Waals surface area (Å²) in [6.45, 7) is 2.21. The first-order valence-corrected chi connectivity index (χ1v) is 10.7. The Bertz CT molecular complexity index is 667. The Morgan fingerprint density at radius 3 is 2.54 bits per heavy atom. The zero-order valence-corrected chi connectivity index (χ0v) is 17.0. The average Bonchev–Trinajstić information content (AvgIpc) is 2.72. The number of benzene rings is 1. The molecule has 1 saturated carbocycles. The van der Waals surface area contributed by atoms with E-state index in [4.69, 9.17) is 10.00 Å². The molecule has 1 fully saturated rings. The Labute approximate surface area is 168 Å². The Hall–Kier alpha value is -2.15. The summed E-state index contributed by atoms with van der Waals surface area (Å²) in [6, 6.07) is 9.40. The summed E-state index contributed by atoms with van der Waals surface area (Å²) in [5.41, 5.74) is 1.29. The van der Waals surface area contributed by atoms with Crippen LogP contribution in [0, 0.1) is 23.2 Å². The Kier molecular flexibility index (Phi) is 9.76. The van der Waals surface area contributed by atoms with Gasteiger partial charge in [-0.25, -0.2) is 0 Å². The summed E-state index contributed by atoms with van der Waals surface area (Å²) >= 11 is 0. The zero-order chi connectivity index (χ0) is 20.2. The van der Waals surface area contributed by atoms with Crippen molar-refractivity contribution in [2.45, 2.75) is 77.6 Å². The lowest BCUT2D eigenvalue weighted by atomic mass is 9.80. The molecular weight excluding hydrogens is 353 g/mol. The predicted molar refractivity (Wildman–Crippen MR) is 109 cm³/mol. The van der Waals surface area contributed by atoms with Crippen molar-refractivity contribution in [2.75, 3.05) is 0 Å². The number of hydrogen-bond acceptors (Lipinski definition) is 3. The number of halogens is 1. The number of carbonyl (C=O) groups is 1. The third-order valence-electron chi connectivity index (χ3n) is 5.65. The number of allylic oxidation sites excluding steroid dienone is 2. The Morgan fingerprint density at radius 1 is 1.18 bits per heavy atom. The van der Waals surface area contributed by atoms with Gasteiger partial charge in [0.2, 0.25) is 0 Å². The van der Waals surface area contributed by atoms with Crippen LogP contribution in [0.25, 0.3) is 0 Å². The van der Waals surface area contributed by atoms with Crippen molar-refractivity contribution in [3.05, 3.63) is 41.7 Å². The molecule has 1 aliphatic rings.